The summed E-state index contributed by atoms with van der Waals surface area (Å²) in [5, 5.41) is 2.32. The summed E-state index contributed by atoms with van der Waals surface area (Å²) in [5.41, 5.74) is 1.32. The summed E-state index contributed by atoms with van der Waals surface area (Å²) in [7, 11) is 0. The number of hydrogen-bond acceptors (Lipinski definition) is 0. The topological polar surface area (TPSA) is 15.8 Å². The van der Waals surface area contributed by atoms with E-state index in [9.17, 15) is 0 Å². The number of rotatable bonds is 3. The van der Waals surface area contributed by atoms with Crippen molar-refractivity contribution in [1.82, 2.24) is 4.98 Å². The van der Waals surface area contributed by atoms with Gasteiger partial charge < -0.3 is 4.98 Å². The van der Waals surface area contributed by atoms with Crippen LogP contribution in [0.15, 0.2) is 31.5 Å². The molecule has 1 aromatic heterocycles. The Bertz CT molecular complexity index is 432. The molecule has 14 heavy (non-hydrogen) atoms. The molecule has 0 aliphatic heterocycles. The maximum Gasteiger partial charge on any atom is 0.0456 e. The molecule has 0 amide bonds. The molecule has 1 heteroatoms. The van der Waals surface area contributed by atoms with Crippen LogP contribution in [0.1, 0.15) is 25.3 Å². The maximum atomic E-state index is 3.73. The van der Waals surface area contributed by atoms with Gasteiger partial charge in [0.1, 0.15) is 0 Å². The van der Waals surface area contributed by atoms with Crippen LogP contribution in [-0.4, -0.2) is 4.98 Å². The van der Waals surface area contributed by atoms with Crippen molar-refractivity contribution in [1.29, 1.82) is 0 Å². The minimum absolute atomic E-state index is 0.518. The summed E-state index contributed by atoms with van der Waals surface area (Å²) in [6.07, 6.45) is 9.66. The molecule has 1 heterocycles. The third-order valence-corrected chi connectivity index (χ3v) is 2.18. The molecule has 0 fully saturated rings. The largest absolute Gasteiger partial charge is 0.361 e. The Balaban J connectivity index is 3.51. The van der Waals surface area contributed by atoms with Crippen LogP contribution in [-0.2, 0) is 0 Å². The molecule has 0 spiro atoms. The highest BCUT2D eigenvalue weighted by molar-refractivity contribution is 5.43. The Labute approximate surface area is 85.2 Å². The Hall–Kier alpha value is -1.50. The fourth-order valence-electron chi connectivity index (χ4n) is 1.50. The van der Waals surface area contributed by atoms with Gasteiger partial charge in [-0.2, -0.15) is 0 Å². The normalized spacial score (nSPS) is 13.6. The van der Waals surface area contributed by atoms with E-state index in [2.05, 4.69) is 38.2 Å². The van der Waals surface area contributed by atoms with E-state index in [-0.39, 0.29) is 0 Å². The zero-order valence-corrected chi connectivity index (χ0v) is 8.88. The highest BCUT2D eigenvalue weighted by atomic mass is 14.7. The van der Waals surface area contributed by atoms with Crippen molar-refractivity contribution >= 4 is 12.2 Å². The second kappa shape index (κ2) is 4.66. The zero-order valence-electron chi connectivity index (χ0n) is 8.88. The van der Waals surface area contributed by atoms with Crippen molar-refractivity contribution in [3.05, 3.63) is 47.6 Å². The first-order valence-electron chi connectivity index (χ1n) is 4.83. The fraction of sp³-hybridized carbons (Fsp3) is 0.231. The van der Waals surface area contributed by atoms with Crippen molar-refractivity contribution in [2.24, 2.45) is 0 Å². The molecule has 1 N–H and O–H groups in total. The number of H-pyrrole nitrogens is 1. The third kappa shape index (κ3) is 2.05. The monoisotopic (exact) mass is 187 g/mol. The molecular formula is C13H17N. The molecule has 1 aromatic rings. The lowest BCUT2D eigenvalue weighted by atomic mass is 10.0. The molecule has 0 aromatic carbocycles. The van der Waals surface area contributed by atoms with Gasteiger partial charge in [0.15, 0.2) is 0 Å². The van der Waals surface area contributed by atoms with E-state index in [1.165, 1.54) is 10.8 Å². The summed E-state index contributed by atoms with van der Waals surface area (Å²) in [4.78, 5) is 3.24. The van der Waals surface area contributed by atoms with Gasteiger partial charge >= 0.3 is 0 Å². The minimum atomic E-state index is 0.518. The summed E-state index contributed by atoms with van der Waals surface area (Å²) < 4.78 is 0. The van der Waals surface area contributed by atoms with Crippen LogP contribution in [0.25, 0.3) is 12.2 Å². The van der Waals surface area contributed by atoms with Gasteiger partial charge in [-0.25, -0.2) is 0 Å². The first-order valence-corrected chi connectivity index (χ1v) is 4.83. The molecule has 0 aliphatic carbocycles. The van der Waals surface area contributed by atoms with Gasteiger partial charge in [0.2, 0.25) is 0 Å². The van der Waals surface area contributed by atoms with Crippen LogP contribution in [0.4, 0.5) is 0 Å². The van der Waals surface area contributed by atoms with E-state index < -0.39 is 0 Å². The zero-order chi connectivity index (χ0) is 10.6. The Morgan fingerprint density at radius 3 is 2.36 bits per heavy atom. The molecule has 0 aliphatic rings. The predicted octanol–water partition coefficient (Wildman–Crippen LogP) is 2.07. The lowest BCUT2D eigenvalue weighted by Gasteiger charge is -1.99. The first kappa shape index (κ1) is 10.6. The van der Waals surface area contributed by atoms with Gasteiger partial charge in [0.25, 0.3) is 0 Å². The van der Waals surface area contributed by atoms with Crippen molar-refractivity contribution < 1.29 is 0 Å². The number of aromatic nitrogens is 1. The average molecular weight is 187 g/mol. The van der Waals surface area contributed by atoms with Crippen LogP contribution >= 0.6 is 0 Å². The second-order valence-electron chi connectivity index (χ2n) is 3.53. The van der Waals surface area contributed by atoms with E-state index in [0.717, 1.165) is 5.35 Å². The molecule has 0 saturated heterocycles. The second-order valence-corrected chi connectivity index (χ2v) is 3.53. The van der Waals surface area contributed by atoms with Crippen molar-refractivity contribution in [2.45, 2.75) is 19.8 Å². The summed E-state index contributed by atoms with van der Waals surface area (Å²) >= 11 is 0. The van der Waals surface area contributed by atoms with Crippen LogP contribution in [0.2, 0.25) is 0 Å². The van der Waals surface area contributed by atoms with Crippen molar-refractivity contribution in [3.63, 3.8) is 0 Å². The van der Waals surface area contributed by atoms with Crippen LogP contribution < -0.4 is 10.6 Å². The molecule has 0 radical (unpaired) electrons. The van der Waals surface area contributed by atoms with E-state index in [1.807, 2.05) is 18.2 Å². The Morgan fingerprint density at radius 1 is 1.21 bits per heavy atom. The van der Waals surface area contributed by atoms with E-state index in [4.69, 9.17) is 0 Å². The molecule has 74 valence electrons. The number of hydrogen-bond donors (Lipinski definition) is 1. The smallest absolute Gasteiger partial charge is 0.0456 e. The number of aromatic amines is 1. The summed E-state index contributed by atoms with van der Waals surface area (Å²) in [6.45, 7) is 11.8. The van der Waals surface area contributed by atoms with Gasteiger partial charge in [-0.1, -0.05) is 45.2 Å². The van der Waals surface area contributed by atoms with E-state index in [1.54, 1.807) is 6.08 Å². The van der Waals surface area contributed by atoms with E-state index in [0.29, 0.717) is 5.92 Å². The quantitative estimate of drug-likeness (QED) is 0.745. The van der Waals surface area contributed by atoms with Gasteiger partial charge in [-0.15, -0.1) is 0 Å². The van der Waals surface area contributed by atoms with Gasteiger partial charge in [-0.05, 0) is 17.6 Å². The molecule has 0 saturated carbocycles. The molecule has 0 bridgehead atoms. The Morgan fingerprint density at radius 2 is 1.86 bits per heavy atom. The fourth-order valence-corrected chi connectivity index (χ4v) is 1.50. The first-order chi connectivity index (χ1) is 6.70. The third-order valence-electron chi connectivity index (χ3n) is 2.18. The van der Waals surface area contributed by atoms with Crippen molar-refractivity contribution in [2.75, 3.05) is 0 Å². The lowest BCUT2D eigenvalue weighted by molar-refractivity contribution is 0.862. The molecule has 1 nitrogen and oxygen atoms in total. The average Bonchev–Trinajstić information content (AvgIpc) is 2.50. The molecule has 1 rings (SSSR count). The summed E-state index contributed by atoms with van der Waals surface area (Å²) in [6, 6.07) is 0. The van der Waals surface area contributed by atoms with Crippen LogP contribution in [0.5, 0.6) is 0 Å². The molecular weight excluding hydrogens is 170 g/mol. The highest BCUT2D eigenvalue weighted by Crippen LogP contribution is 2.06. The number of nitrogens with one attached hydrogen (secondary N) is 1. The lowest BCUT2D eigenvalue weighted by Crippen LogP contribution is -2.24. The number of allylic oxidation sites excluding steroid dienone is 2. The minimum Gasteiger partial charge on any atom is -0.361 e. The predicted molar refractivity (Wildman–Crippen MR) is 63.5 cm³/mol. The van der Waals surface area contributed by atoms with Crippen LogP contribution in [0.3, 0.4) is 0 Å². The standard InChI is InChI=1S/C13H17N/c1-5-7-11-12(10(3)4)9-14-13(11)8-6-2/h5-10,14H,1-2H2,3-4H3/b11-7-,13-8+. The Kier molecular flexibility index (Phi) is 3.52. The summed E-state index contributed by atoms with van der Waals surface area (Å²) in [5.74, 6) is 0.518. The molecule has 0 atom stereocenters. The SMILES string of the molecule is C=C/C=c1/c(C(C)C)c[nH]/c1=C/C=C. The van der Waals surface area contributed by atoms with Crippen LogP contribution in [0, 0.1) is 0 Å². The maximum absolute atomic E-state index is 3.73. The van der Waals surface area contributed by atoms with Crippen molar-refractivity contribution in [3.8, 4) is 0 Å². The van der Waals surface area contributed by atoms with Gasteiger partial charge in [-0.3, -0.25) is 0 Å². The highest BCUT2D eigenvalue weighted by Gasteiger charge is 2.02. The van der Waals surface area contributed by atoms with Gasteiger partial charge in [0.05, 0.1) is 0 Å². The van der Waals surface area contributed by atoms with Gasteiger partial charge in [0, 0.05) is 16.8 Å². The molecule has 0 unspecified atom stereocenters. The van der Waals surface area contributed by atoms with E-state index >= 15 is 0 Å².